The van der Waals surface area contributed by atoms with E-state index in [0.29, 0.717) is 34.2 Å². The van der Waals surface area contributed by atoms with Crippen molar-refractivity contribution in [1.82, 2.24) is 19.7 Å². The number of nitrogens with one attached hydrogen (secondary N) is 1. The molecule has 0 atom stereocenters. The third-order valence-corrected chi connectivity index (χ3v) is 7.71. The van der Waals surface area contributed by atoms with Crippen LogP contribution in [0.1, 0.15) is 34.3 Å². The maximum absolute atomic E-state index is 12.7. The molecule has 0 radical (unpaired) electrons. The Hall–Kier alpha value is -3.77. The van der Waals surface area contributed by atoms with Crippen LogP contribution in [0.15, 0.2) is 60.8 Å². The average molecular weight is 510 g/mol. The summed E-state index contributed by atoms with van der Waals surface area (Å²) in [6, 6.07) is 19.2. The molecule has 3 N–H and O–H groups in total. The molecule has 0 bridgehead atoms. The number of carbonyl (C=O) groups excluding carboxylic acids is 1. The van der Waals surface area contributed by atoms with Crippen LogP contribution in [0.2, 0.25) is 0 Å². The number of carbonyl (C=O) groups is 1. The number of pyridine rings is 1. The number of amides is 1. The van der Waals surface area contributed by atoms with E-state index >= 15 is 0 Å². The van der Waals surface area contributed by atoms with Gasteiger partial charge in [0.15, 0.2) is 0 Å². The van der Waals surface area contributed by atoms with Crippen molar-refractivity contribution in [1.29, 1.82) is 5.26 Å². The van der Waals surface area contributed by atoms with Gasteiger partial charge in [0.25, 0.3) is 5.91 Å². The Morgan fingerprint density at radius 2 is 1.76 bits per heavy atom. The molecule has 196 valence electrons. The van der Waals surface area contributed by atoms with Crippen LogP contribution < -0.4 is 11.1 Å². The van der Waals surface area contributed by atoms with Crippen LogP contribution in [-0.4, -0.2) is 77.9 Å². The van der Waals surface area contributed by atoms with Crippen molar-refractivity contribution in [3.63, 3.8) is 0 Å². The lowest BCUT2D eigenvalue weighted by atomic mass is 10.0. The molecule has 38 heavy (non-hydrogen) atoms. The number of nitriles is 1. The number of piperazine rings is 1. The first-order chi connectivity index (χ1) is 18.5. The van der Waals surface area contributed by atoms with Crippen LogP contribution in [0.25, 0.3) is 11.3 Å². The predicted octanol–water partition coefficient (Wildman–Crippen LogP) is 3.67. The monoisotopic (exact) mass is 509 g/mol. The third-order valence-electron chi connectivity index (χ3n) is 7.71. The normalized spacial score (nSPS) is 17.7. The first kappa shape index (κ1) is 25.9. The van der Waals surface area contributed by atoms with E-state index in [-0.39, 0.29) is 5.91 Å². The maximum Gasteiger partial charge on any atom is 0.255 e. The Labute approximate surface area is 224 Å². The van der Waals surface area contributed by atoms with Gasteiger partial charge in [-0.1, -0.05) is 24.3 Å². The van der Waals surface area contributed by atoms with E-state index in [2.05, 4.69) is 38.1 Å². The zero-order valence-electron chi connectivity index (χ0n) is 21.9. The maximum atomic E-state index is 12.7. The minimum Gasteiger partial charge on any atom is -0.397 e. The summed E-state index contributed by atoms with van der Waals surface area (Å²) >= 11 is 0. The Balaban J connectivity index is 1.20. The molecule has 0 unspecified atom stereocenters. The zero-order valence-corrected chi connectivity index (χ0v) is 21.9. The highest BCUT2D eigenvalue weighted by Gasteiger charge is 2.26. The number of hydrogen-bond acceptors (Lipinski definition) is 7. The van der Waals surface area contributed by atoms with E-state index in [9.17, 15) is 10.1 Å². The van der Waals surface area contributed by atoms with Gasteiger partial charge in [-0.25, -0.2) is 0 Å². The average Bonchev–Trinajstić information content (AvgIpc) is 2.95. The second kappa shape index (κ2) is 11.7. The first-order valence-electron chi connectivity index (χ1n) is 13.3. The Morgan fingerprint density at radius 3 is 2.45 bits per heavy atom. The topological polar surface area (TPSA) is 102 Å². The van der Waals surface area contributed by atoms with E-state index in [0.717, 1.165) is 43.9 Å². The molecule has 8 heteroatoms. The summed E-state index contributed by atoms with van der Waals surface area (Å²) in [5.74, 6) is -0.241. The predicted molar refractivity (Wildman–Crippen MR) is 151 cm³/mol. The number of nitrogens with two attached hydrogens (primary N) is 1. The zero-order chi connectivity index (χ0) is 26.5. The highest BCUT2D eigenvalue weighted by molar-refractivity contribution is 6.05. The number of hydrogen-bond donors (Lipinski definition) is 2. The molecular weight excluding hydrogens is 474 g/mol. The number of benzene rings is 2. The van der Waals surface area contributed by atoms with Gasteiger partial charge in [0.2, 0.25) is 0 Å². The highest BCUT2D eigenvalue weighted by Crippen LogP contribution is 2.25. The Morgan fingerprint density at radius 1 is 1.05 bits per heavy atom. The number of aromatic nitrogens is 1. The van der Waals surface area contributed by atoms with E-state index in [1.807, 2.05) is 36.5 Å². The quantitative estimate of drug-likeness (QED) is 0.489. The number of nitrogen functional groups attached to an aromatic ring is 1. The highest BCUT2D eigenvalue weighted by atomic mass is 16.1. The molecule has 3 aromatic rings. The van der Waals surface area contributed by atoms with Crippen molar-refractivity contribution in [3.8, 4) is 17.3 Å². The van der Waals surface area contributed by atoms with Gasteiger partial charge < -0.3 is 16.0 Å². The summed E-state index contributed by atoms with van der Waals surface area (Å²) in [6.45, 7) is 7.61. The van der Waals surface area contributed by atoms with Crippen LogP contribution in [-0.2, 0) is 6.54 Å². The lowest BCUT2D eigenvalue weighted by molar-refractivity contribution is 0.0657. The van der Waals surface area contributed by atoms with Crippen molar-refractivity contribution >= 4 is 17.3 Å². The Bertz CT molecular complexity index is 1300. The minimum absolute atomic E-state index is 0.241. The summed E-state index contributed by atoms with van der Waals surface area (Å²) in [5.41, 5.74) is 10.6. The first-order valence-corrected chi connectivity index (χ1v) is 13.3. The van der Waals surface area contributed by atoms with Crippen LogP contribution in [0, 0.1) is 11.3 Å². The Kier molecular flexibility index (Phi) is 7.99. The molecular formula is C30H35N7O. The lowest BCUT2D eigenvalue weighted by Gasteiger charge is -2.42. The smallest absolute Gasteiger partial charge is 0.255 e. The third kappa shape index (κ3) is 6.03. The summed E-state index contributed by atoms with van der Waals surface area (Å²) in [5, 5.41) is 12.7. The molecule has 0 spiro atoms. The molecule has 1 aromatic heterocycles. The molecule has 8 nitrogen and oxygen atoms in total. The second-order valence-electron chi connectivity index (χ2n) is 10.3. The molecule has 1 amide bonds. The van der Waals surface area contributed by atoms with Gasteiger partial charge in [-0.3, -0.25) is 19.6 Å². The SMILES string of the molecule is CN1CCN(C2CCN(Cc3cnc(-c4ccc(C(=O)Nc5ccccc5N)cc4)c(C#N)c3)CC2)CC1. The van der Waals surface area contributed by atoms with Gasteiger partial charge in [0, 0.05) is 56.1 Å². The molecule has 5 rings (SSSR count). The summed E-state index contributed by atoms with van der Waals surface area (Å²) < 4.78 is 0. The van der Waals surface area contributed by atoms with Crippen LogP contribution in [0.3, 0.4) is 0 Å². The number of rotatable bonds is 6. The lowest BCUT2D eigenvalue weighted by Crippen LogP contribution is -2.52. The van der Waals surface area contributed by atoms with Gasteiger partial charge >= 0.3 is 0 Å². The molecule has 2 aliphatic heterocycles. The van der Waals surface area contributed by atoms with Gasteiger partial charge in [-0.05, 0) is 68.9 Å². The van der Waals surface area contributed by atoms with Crippen LogP contribution in [0.5, 0.6) is 0 Å². The summed E-state index contributed by atoms with van der Waals surface area (Å²) in [7, 11) is 2.20. The fourth-order valence-electron chi connectivity index (χ4n) is 5.38. The van der Waals surface area contributed by atoms with Crippen molar-refractivity contribution in [3.05, 3.63) is 77.5 Å². The van der Waals surface area contributed by atoms with E-state index in [1.165, 1.54) is 25.9 Å². The van der Waals surface area contributed by atoms with Crippen molar-refractivity contribution < 1.29 is 4.79 Å². The van der Waals surface area contributed by atoms with Gasteiger partial charge in [-0.2, -0.15) is 5.26 Å². The number of likely N-dealkylation sites (tertiary alicyclic amines) is 1. The van der Waals surface area contributed by atoms with E-state index in [1.54, 1.807) is 24.3 Å². The molecule has 3 heterocycles. The fraction of sp³-hybridized carbons (Fsp3) is 0.367. The number of piperidine rings is 1. The fourth-order valence-corrected chi connectivity index (χ4v) is 5.38. The van der Waals surface area contributed by atoms with Gasteiger partial charge in [-0.15, -0.1) is 0 Å². The number of para-hydroxylation sites is 2. The molecule has 2 saturated heterocycles. The summed E-state index contributed by atoms with van der Waals surface area (Å²) in [6.07, 6.45) is 4.26. The van der Waals surface area contributed by atoms with E-state index in [4.69, 9.17) is 5.73 Å². The summed E-state index contributed by atoms with van der Waals surface area (Å²) in [4.78, 5) is 24.8. The minimum atomic E-state index is -0.241. The molecule has 2 aliphatic rings. The van der Waals surface area contributed by atoms with Crippen molar-refractivity contribution in [2.24, 2.45) is 0 Å². The van der Waals surface area contributed by atoms with Crippen LogP contribution >= 0.6 is 0 Å². The van der Waals surface area contributed by atoms with Crippen LogP contribution in [0.4, 0.5) is 11.4 Å². The molecule has 2 aromatic carbocycles. The second-order valence-corrected chi connectivity index (χ2v) is 10.3. The van der Waals surface area contributed by atoms with Gasteiger partial charge in [0.05, 0.1) is 22.6 Å². The molecule has 0 aliphatic carbocycles. The number of nitrogens with zero attached hydrogens (tertiary/aromatic N) is 5. The number of likely N-dealkylation sites (N-methyl/N-ethyl adjacent to an activating group) is 1. The molecule has 2 fully saturated rings. The largest absolute Gasteiger partial charge is 0.397 e. The van der Waals surface area contributed by atoms with Gasteiger partial charge in [0.1, 0.15) is 6.07 Å². The van der Waals surface area contributed by atoms with Crippen molar-refractivity contribution in [2.75, 3.05) is 57.4 Å². The number of anilines is 2. The van der Waals surface area contributed by atoms with E-state index < -0.39 is 0 Å². The standard InChI is InChI=1S/C30H35N7O/c1-35-14-16-37(17-15-35)26-10-12-36(13-11-26)21-22-18-25(19-31)29(33-20-22)23-6-8-24(9-7-23)30(38)34-28-5-3-2-4-27(28)32/h2-9,18,20,26H,10-17,21,32H2,1H3,(H,34,38). The van der Waals surface area contributed by atoms with Crippen molar-refractivity contribution in [2.45, 2.75) is 25.4 Å². The molecule has 0 saturated carbocycles.